The van der Waals surface area contributed by atoms with Crippen molar-refractivity contribution in [2.75, 3.05) is 5.32 Å². The molecule has 1 heterocycles. The maximum Gasteiger partial charge on any atom is 0.416 e. The van der Waals surface area contributed by atoms with Crippen molar-refractivity contribution >= 4 is 17.2 Å². The molecular weight excluding hydrogens is 413 g/mol. The van der Waals surface area contributed by atoms with E-state index in [1.807, 2.05) is 42.5 Å². The van der Waals surface area contributed by atoms with E-state index in [0.717, 1.165) is 41.8 Å². The Morgan fingerprint density at radius 1 is 0.906 bits per heavy atom. The van der Waals surface area contributed by atoms with Crippen LogP contribution in [0.4, 0.5) is 18.9 Å². The lowest BCUT2D eigenvalue weighted by molar-refractivity contribution is -0.137. The first-order valence-corrected chi connectivity index (χ1v) is 10.6. The van der Waals surface area contributed by atoms with Gasteiger partial charge in [0.15, 0.2) is 0 Å². The minimum Gasteiger partial charge on any atom is -0.322 e. The largest absolute Gasteiger partial charge is 0.416 e. The average molecular weight is 436 g/mol. The van der Waals surface area contributed by atoms with Crippen LogP contribution in [0.5, 0.6) is 0 Å². The lowest BCUT2D eigenvalue weighted by atomic mass is 9.86. The summed E-state index contributed by atoms with van der Waals surface area (Å²) in [6.45, 7) is 0. The summed E-state index contributed by atoms with van der Waals surface area (Å²) in [7, 11) is 0. The number of rotatable bonds is 5. The van der Waals surface area contributed by atoms with Crippen molar-refractivity contribution in [3.8, 4) is 0 Å². The number of pyridine rings is 1. The Morgan fingerprint density at radius 2 is 1.62 bits per heavy atom. The summed E-state index contributed by atoms with van der Waals surface area (Å²) in [5.74, 6) is -0.197. The van der Waals surface area contributed by atoms with E-state index in [-0.39, 0.29) is 5.91 Å². The number of anilines is 1. The molecule has 0 unspecified atom stereocenters. The number of carbonyl (C=O) groups is 1. The van der Waals surface area contributed by atoms with Crippen molar-refractivity contribution in [1.82, 2.24) is 4.98 Å². The highest BCUT2D eigenvalue weighted by Crippen LogP contribution is 2.35. The van der Waals surface area contributed by atoms with E-state index in [1.165, 1.54) is 12.1 Å². The maximum absolute atomic E-state index is 13.0. The normalized spacial score (nSPS) is 14.3. The molecule has 1 aromatic heterocycles. The van der Waals surface area contributed by atoms with Crippen molar-refractivity contribution in [1.29, 1.82) is 0 Å². The Labute approximate surface area is 185 Å². The van der Waals surface area contributed by atoms with Gasteiger partial charge in [-0.1, -0.05) is 30.3 Å². The molecule has 1 amide bonds. The predicted octanol–water partition coefficient (Wildman–Crippen LogP) is 6.66. The molecule has 0 aliphatic heterocycles. The Balaban J connectivity index is 1.50. The zero-order valence-corrected chi connectivity index (χ0v) is 17.5. The van der Waals surface area contributed by atoms with Gasteiger partial charge >= 0.3 is 6.18 Å². The zero-order valence-electron chi connectivity index (χ0n) is 17.5. The van der Waals surface area contributed by atoms with Crippen LogP contribution in [-0.4, -0.2) is 10.9 Å². The van der Waals surface area contributed by atoms with Crippen LogP contribution in [0.1, 0.15) is 48.1 Å². The number of nitrogens with one attached hydrogen (secondary N) is 1. The van der Waals surface area contributed by atoms with Crippen LogP contribution < -0.4 is 5.32 Å². The number of nitrogens with zero attached hydrogens (tertiary/aromatic N) is 1. The first-order chi connectivity index (χ1) is 15.4. The van der Waals surface area contributed by atoms with Crippen LogP contribution in [-0.2, 0) is 17.4 Å². The zero-order chi connectivity index (χ0) is 22.6. The Kier molecular flexibility index (Phi) is 6.40. The van der Waals surface area contributed by atoms with Crippen molar-refractivity contribution in [2.24, 2.45) is 0 Å². The van der Waals surface area contributed by atoms with Gasteiger partial charge in [-0.2, -0.15) is 13.2 Å². The molecule has 2 aromatic carbocycles. The molecule has 4 rings (SSSR count). The molecule has 3 nitrogen and oxygen atoms in total. The Hall–Kier alpha value is -3.41. The molecule has 1 N–H and O–H groups in total. The lowest BCUT2D eigenvalue weighted by Crippen LogP contribution is -2.18. The van der Waals surface area contributed by atoms with Crippen molar-refractivity contribution in [3.63, 3.8) is 0 Å². The summed E-state index contributed by atoms with van der Waals surface area (Å²) in [6.07, 6.45) is 1.18. The number of allylic oxidation sites excluding steroid dienone is 1. The molecule has 164 valence electrons. The minimum atomic E-state index is -4.37. The highest BCUT2D eigenvalue weighted by Gasteiger charge is 2.30. The van der Waals surface area contributed by atoms with Crippen LogP contribution in [0.3, 0.4) is 0 Å². The summed E-state index contributed by atoms with van der Waals surface area (Å²) < 4.78 is 38.6. The van der Waals surface area contributed by atoms with Gasteiger partial charge < -0.3 is 5.32 Å². The lowest BCUT2D eigenvalue weighted by Gasteiger charge is -2.21. The third-order valence-corrected chi connectivity index (χ3v) is 5.63. The fourth-order valence-electron chi connectivity index (χ4n) is 3.96. The standard InChI is InChI=1S/C26H23F3N2O/c27-26(28,29)20-12-10-19(11-13-20)23-6-1-2-7-24(23)25(32)31-21-14-8-18(9-15-21)17-22-5-3-4-16-30-22/h3-5,8-16H,1-2,6-7,17H2,(H,31,32). The fourth-order valence-corrected chi connectivity index (χ4v) is 3.96. The molecule has 0 fully saturated rings. The second kappa shape index (κ2) is 9.39. The van der Waals surface area contributed by atoms with E-state index in [0.29, 0.717) is 36.1 Å². The maximum atomic E-state index is 13.0. The molecule has 0 spiro atoms. The van der Waals surface area contributed by atoms with Crippen molar-refractivity contribution in [3.05, 3.63) is 101 Å². The van der Waals surface area contributed by atoms with Gasteiger partial charge in [0, 0.05) is 29.6 Å². The third-order valence-electron chi connectivity index (χ3n) is 5.63. The summed E-state index contributed by atoms with van der Waals surface area (Å²) in [5.41, 5.74) is 4.21. The number of hydrogen-bond acceptors (Lipinski definition) is 2. The van der Waals surface area contributed by atoms with Gasteiger partial charge in [-0.3, -0.25) is 9.78 Å². The van der Waals surface area contributed by atoms with Crippen LogP contribution in [0.15, 0.2) is 78.5 Å². The third kappa shape index (κ3) is 5.25. The second-order valence-electron chi connectivity index (χ2n) is 7.89. The Bertz CT molecular complexity index is 1100. The summed E-state index contributed by atoms with van der Waals surface area (Å²) in [5, 5.41) is 2.95. The van der Waals surface area contributed by atoms with Gasteiger partial charge in [-0.15, -0.1) is 0 Å². The van der Waals surface area contributed by atoms with Gasteiger partial charge in [0.1, 0.15) is 0 Å². The minimum absolute atomic E-state index is 0.197. The van der Waals surface area contributed by atoms with Crippen LogP contribution in [0, 0.1) is 0 Å². The van der Waals surface area contributed by atoms with Gasteiger partial charge in [-0.25, -0.2) is 0 Å². The first kappa shape index (κ1) is 21.8. The number of alkyl halides is 3. The van der Waals surface area contributed by atoms with Gasteiger partial charge in [0.05, 0.1) is 5.56 Å². The molecule has 3 aromatic rings. The van der Waals surface area contributed by atoms with E-state index in [1.54, 1.807) is 6.20 Å². The van der Waals surface area contributed by atoms with E-state index in [9.17, 15) is 18.0 Å². The SMILES string of the molecule is O=C(Nc1ccc(Cc2ccccn2)cc1)C1=C(c2ccc(C(F)(F)F)cc2)CCCC1. The van der Waals surface area contributed by atoms with Crippen LogP contribution in [0.2, 0.25) is 0 Å². The van der Waals surface area contributed by atoms with E-state index in [2.05, 4.69) is 10.3 Å². The van der Waals surface area contributed by atoms with Crippen molar-refractivity contribution in [2.45, 2.75) is 38.3 Å². The van der Waals surface area contributed by atoms with Gasteiger partial charge in [0.2, 0.25) is 0 Å². The van der Waals surface area contributed by atoms with E-state index >= 15 is 0 Å². The summed E-state index contributed by atoms with van der Waals surface area (Å²) >= 11 is 0. The van der Waals surface area contributed by atoms with Gasteiger partial charge in [0.25, 0.3) is 5.91 Å². The van der Waals surface area contributed by atoms with E-state index in [4.69, 9.17) is 0 Å². The highest BCUT2D eigenvalue weighted by molar-refractivity contribution is 6.09. The number of halogens is 3. The number of benzene rings is 2. The Morgan fingerprint density at radius 3 is 2.28 bits per heavy atom. The van der Waals surface area contributed by atoms with Crippen LogP contribution >= 0.6 is 0 Å². The number of amides is 1. The molecule has 0 radical (unpaired) electrons. The van der Waals surface area contributed by atoms with Crippen molar-refractivity contribution < 1.29 is 18.0 Å². The average Bonchev–Trinajstić information content (AvgIpc) is 2.80. The molecule has 1 aliphatic rings. The van der Waals surface area contributed by atoms with E-state index < -0.39 is 11.7 Å². The monoisotopic (exact) mass is 436 g/mol. The molecule has 0 saturated carbocycles. The smallest absolute Gasteiger partial charge is 0.322 e. The quantitative estimate of drug-likeness (QED) is 0.486. The number of hydrogen-bond donors (Lipinski definition) is 1. The number of carbonyl (C=O) groups excluding carboxylic acids is 1. The molecule has 0 atom stereocenters. The first-order valence-electron chi connectivity index (χ1n) is 10.6. The molecule has 32 heavy (non-hydrogen) atoms. The number of aromatic nitrogens is 1. The van der Waals surface area contributed by atoms with Gasteiger partial charge in [-0.05, 0) is 78.8 Å². The molecule has 0 bridgehead atoms. The molecule has 6 heteroatoms. The van der Waals surface area contributed by atoms with Crippen LogP contribution in [0.25, 0.3) is 5.57 Å². The molecule has 1 aliphatic carbocycles. The molecular formula is C26H23F3N2O. The molecule has 0 saturated heterocycles. The summed E-state index contributed by atoms with van der Waals surface area (Å²) in [4.78, 5) is 17.3. The second-order valence-corrected chi connectivity index (χ2v) is 7.89. The highest BCUT2D eigenvalue weighted by atomic mass is 19.4. The summed E-state index contributed by atoms with van der Waals surface area (Å²) in [6, 6.07) is 18.5. The fraction of sp³-hybridized carbons (Fsp3) is 0.231. The predicted molar refractivity (Wildman–Crippen MR) is 119 cm³/mol. The topological polar surface area (TPSA) is 42.0 Å².